The first-order valence-corrected chi connectivity index (χ1v) is 8.16. The fraction of sp³-hybridized carbons (Fsp3) is 0.875. The zero-order valence-electron chi connectivity index (χ0n) is 11.7. The Hall–Kier alpha value is 0.0300. The highest BCUT2D eigenvalue weighted by molar-refractivity contribution is 6.17. The maximum Gasteiger partial charge on any atom is 0.0223 e. The summed E-state index contributed by atoms with van der Waals surface area (Å²) in [6.07, 6.45) is 20.9. The molecule has 0 aliphatic heterocycles. The summed E-state index contributed by atoms with van der Waals surface area (Å²) in [6.45, 7) is 2.27. The van der Waals surface area contributed by atoms with Crippen molar-refractivity contribution in [3.63, 3.8) is 0 Å². The van der Waals surface area contributed by atoms with Gasteiger partial charge in [-0.05, 0) is 32.1 Å². The normalized spacial score (nSPS) is 11.4. The lowest BCUT2D eigenvalue weighted by molar-refractivity contribution is 0.612. The molecule has 0 unspecified atom stereocenters. The van der Waals surface area contributed by atoms with Gasteiger partial charge in [-0.1, -0.05) is 64.0 Å². The van der Waals surface area contributed by atoms with Crippen LogP contribution in [-0.2, 0) is 0 Å². The van der Waals surface area contributed by atoms with Crippen molar-refractivity contribution in [1.82, 2.24) is 0 Å². The van der Waals surface area contributed by atoms with Crippen LogP contribution in [0.25, 0.3) is 0 Å². The summed E-state index contributed by atoms with van der Waals surface area (Å²) in [7, 11) is 0. The molecule has 0 bridgehead atoms. The quantitative estimate of drug-likeness (QED) is 0.201. The van der Waals surface area contributed by atoms with Gasteiger partial charge in [-0.2, -0.15) is 0 Å². The van der Waals surface area contributed by atoms with Crippen molar-refractivity contribution in [2.75, 3.05) is 5.88 Å². The molecular weight excluding hydrogens is 228 g/mol. The highest BCUT2D eigenvalue weighted by Crippen LogP contribution is 2.09. The zero-order chi connectivity index (χ0) is 12.6. The Balaban J connectivity index is 2.99. The minimum absolute atomic E-state index is 0.834. The molecule has 0 amide bonds. The monoisotopic (exact) mass is 258 g/mol. The first-order chi connectivity index (χ1) is 8.41. The van der Waals surface area contributed by atoms with E-state index in [0.717, 1.165) is 5.88 Å². The Kier molecular flexibility index (Phi) is 16.1. The summed E-state index contributed by atoms with van der Waals surface area (Å²) in [6, 6.07) is 0. The van der Waals surface area contributed by atoms with E-state index < -0.39 is 0 Å². The lowest BCUT2D eigenvalue weighted by atomic mass is 10.1. The molecule has 17 heavy (non-hydrogen) atoms. The molecule has 102 valence electrons. The Morgan fingerprint density at radius 1 is 0.647 bits per heavy atom. The number of alkyl halides is 1. The molecule has 0 heterocycles. The molecular formula is C16H31Cl. The van der Waals surface area contributed by atoms with Gasteiger partial charge < -0.3 is 0 Å². The van der Waals surface area contributed by atoms with Crippen LogP contribution in [-0.4, -0.2) is 5.88 Å². The molecule has 0 fully saturated rings. The number of allylic oxidation sites excluding steroid dienone is 2. The van der Waals surface area contributed by atoms with E-state index in [4.69, 9.17) is 11.6 Å². The second kappa shape index (κ2) is 16.0. The SMILES string of the molecule is CCCCCC/C=C\CCCCCCCCCl. The van der Waals surface area contributed by atoms with E-state index in [0.29, 0.717) is 0 Å². The van der Waals surface area contributed by atoms with Crippen molar-refractivity contribution in [3.8, 4) is 0 Å². The van der Waals surface area contributed by atoms with Gasteiger partial charge in [0.2, 0.25) is 0 Å². The van der Waals surface area contributed by atoms with Gasteiger partial charge in [0.15, 0.2) is 0 Å². The predicted octanol–water partition coefficient (Wildman–Crippen LogP) is 6.48. The number of unbranched alkanes of at least 4 members (excludes halogenated alkanes) is 10. The fourth-order valence-corrected chi connectivity index (χ4v) is 2.18. The van der Waals surface area contributed by atoms with Crippen LogP contribution in [0.3, 0.4) is 0 Å². The van der Waals surface area contributed by atoms with E-state index in [1.807, 2.05) is 0 Å². The number of hydrogen-bond acceptors (Lipinski definition) is 0. The van der Waals surface area contributed by atoms with Crippen LogP contribution < -0.4 is 0 Å². The summed E-state index contributed by atoms with van der Waals surface area (Å²) in [4.78, 5) is 0. The van der Waals surface area contributed by atoms with Crippen LogP contribution in [0.5, 0.6) is 0 Å². The van der Waals surface area contributed by atoms with Crippen LogP contribution in [0.1, 0.15) is 84.0 Å². The van der Waals surface area contributed by atoms with E-state index in [9.17, 15) is 0 Å². The second-order valence-electron chi connectivity index (χ2n) is 4.92. The third-order valence-corrected chi connectivity index (χ3v) is 3.41. The third kappa shape index (κ3) is 16.0. The summed E-state index contributed by atoms with van der Waals surface area (Å²) in [5.41, 5.74) is 0. The summed E-state index contributed by atoms with van der Waals surface area (Å²) < 4.78 is 0. The largest absolute Gasteiger partial charge is 0.127 e. The van der Waals surface area contributed by atoms with Crippen LogP contribution in [0.15, 0.2) is 12.2 Å². The maximum absolute atomic E-state index is 5.64. The summed E-state index contributed by atoms with van der Waals surface area (Å²) in [5, 5.41) is 0. The smallest absolute Gasteiger partial charge is 0.0223 e. The van der Waals surface area contributed by atoms with Gasteiger partial charge in [0.1, 0.15) is 0 Å². The molecule has 0 aliphatic rings. The molecule has 0 aromatic heterocycles. The van der Waals surface area contributed by atoms with E-state index >= 15 is 0 Å². The lowest BCUT2D eigenvalue weighted by Gasteiger charge is -1.98. The topological polar surface area (TPSA) is 0 Å². The predicted molar refractivity (Wildman–Crippen MR) is 80.9 cm³/mol. The van der Waals surface area contributed by atoms with Crippen molar-refractivity contribution < 1.29 is 0 Å². The number of halogens is 1. The Morgan fingerprint density at radius 3 is 1.65 bits per heavy atom. The molecule has 0 aromatic carbocycles. The Bertz CT molecular complexity index is 152. The van der Waals surface area contributed by atoms with Gasteiger partial charge in [-0.3, -0.25) is 0 Å². The highest BCUT2D eigenvalue weighted by atomic mass is 35.5. The third-order valence-electron chi connectivity index (χ3n) is 3.15. The number of hydrogen-bond donors (Lipinski definition) is 0. The summed E-state index contributed by atoms with van der Waals surface area (Å²) >= 11 is 5.64. The highest BCUT2D eigenvalue weighted by Gasteiger charge is 1.89. The molecule has 0 nitrogen and oxygen atoms in total. The minimum atomic E-state index is 0.834. The van der Waals surface area contributed by atoms with E-state index in [1.165, 1.54) is 77.0 Å². The molecule has 0 saturated heterocycles. The molecule has 0 aromatic rings. The van der Waals surface area contributed by atoms with Crippen molar-refractivity contribution in [1.29, 1.82) is 0 Å². The fourth-order valence-electron chi connectivity index (χ4n) is 1.99. The van der Waals surface area contributed by atoms with Crippen molar-refractivity contribution in [2.24, 2.45) is 0 Å². The lowest BCUT2D eigenvalue weighted by Crippen LogP contribution is -1.80. The van der Waals surface area contributed by atoms with Crippen LogP contribution in [0.4, 0.5) is 0 Å². The second-order valence-corrected chi connectivity index (χ2v) is 5.30. The van der Waals surface area contributed by atoms with Crippen molar-refractivity contribution >= 4 is 11.6 Å². The molecule has 0 N–H and O–H groups in total. The molecule has 0 saturated carbocycles. The van der Waals surface area contributed by atoms with Gasteiger partial charge >= 0.3 is 0 Å². The zero-order valence-corrected chi connectivity index (χ0v) is 12.5. The van der Waals surface area contributed by atoms with Crippen LogP contribution in [0.2, 0.25) is 0 Å². The maximum atomic E-state index is 5.64. The Labute approximate surface area is 114 Å². The van der Waals surface area contributed by atoms with Gasteiger partial charge in [-0.25, -0.2) is 0 Å². The molecule has 0 aliphatic carbocycles. The summed E-state index contributed by atoms with van der Waals surface area (Å²) in [5.74, 6) is 0.834. The van der Waals surface area contributed by atoms with Gasteiger partial charge in [0.05, 0.1) is 0 Å². The average Bonchev–Trinajstić information content (AvgIpc) is 2.35. The van der Waals surface area contributed by atoms with Crippen LogP contribution >= 0.6 is 11.6 Å². The van der Waals surface area contributed by atoms with Crippen molar-refractivity contribution in [3.05, 3.63) is 12.2 Å². The van der Waals surface area contributed by atoms with E-state index in [2.05, 4.69) is 19.1 Å². The first kappa shape index (κ1) is 17.0. The molecule has 1 heteroatoms. The number of rotatable bonds is 13. The minimum Gasteiger partial charge on any atom is -0.127 e. The van der Waals surface area contributed by atoms with Gasteiger partial charge in [-0.15, -0.1) is 11.6 Å². The van der Waals surface area contributed by atoms with E-state index in [1.54, 1.807) is 0 Å². The Morgan fingerprint density at radius 2 is 1.12 bits per heavy atom. The van der Waals surface area contributed by atoms with E-state index in [-0.39, 0.29) is 0 Å². The molecule has 0 rings (SSSR count). The van der Waals surface area contributed by atoms with Gasteiger partial charge in [0.25, 0.3) is 0 Å². The standard InChI is InChI=1S/C16H31Cl/c1-2-3-4-5-6-7-8-9-10-11-12-13-14-15-16-17/h7-8H,2-6,9-16H2,1H3/b8-7-. The molecule has 0 radical (unpaired) electrons. The van der Waals surface area contributed by atoms with Crippen LogP contribution in [0, 0.1) is 0 Å². The average molecular weight is 259 g/mol. The first-order valence-electron chi connectivity index (χ1n) is 7.62. The van der Waals surface area contributed by atoms with Gasteiger partial charge in [0, 0.05) is 5.88 Å². The molecule has 0 spiro atoms. The van der Waals surface area contributed by atoms with Crippen molar-refractivity contribution in [2.45, 2.75) is 84.0 Å². The molecule has 0 atom stereocenters.